The second-order valence-electron chi connectivity index (χ2n) is 5.85. The van der Waals surface area contributed by atoms with Crippen molar-refractivity contribution in [2.24, 2.45) is 0 Å². The van der Waals surface area contributed by atoms with Crippen LogP contribution in [0.15, 0.2) is 61.2 Å². The molecule has 0 atom stereocenters. The van der Waals surface area contributed by atoms with E-state index in [1.54, 1.807) is 24.3 Å². The second-order valence-corrected chi connectivity index (χ2v) is 7.76. The van der Waals surface area contributed by atoms with Gasteiger partial charge < -0.3 is 10.1 Å². The summed E-state index contributed by atoms with van der Waals surface area (Å²) in [4.78, 5) is 12.4. The number of nitrogens with one attached hydrogen (secondary N) is 1. The second kappa shape index (κ2) is 9.23. The van der Waals surface area contributed by atoms with Crippen LogP contribution in [0.2, 0.25) is 0 Å². The number of anilines is 1. The van der Waals surface area contributed by atoms with Crippen LogP contribution in [-0.4, -0.2) is 33.7 Å². The smallest absolute Gasteiger partial charge is 0.251 e. The fourth-order valence-electron chi connectivity index (χ4n) is 2.55. The van der Waals surface area contributed by atoms with Gasteiger partial charge in [-0.3, -0.25) is 9.10 Å². The Morgan fingerprint density at radius 1 is 1.19 bits per heavy atom. The molecule has 0 radical (unpaired) electrons. The van der Waals surface area contributed by atoms with E-state index in [4.69, 9.17) is 4.74 Å². The summed E-state index contributed by atoms with van der Waals surface area (Å²) in [6, 6.07) is 13.9. The lowest BCUT2D eigenvalue weighted by atomic mass is 10.1. The Labute approximate surface area is 160 Å². The molecule has 0 heterocycles. The lowest BCUT2D eigenvalue weighted by Gasteiger charge is -2.20. The third kappa shape index (κ3) is 5.59. The molecule has 2 rings (SSSR count). The summed E-state index contributed by atoms with van der Waals surface area (Å²) in [5.74, 6) is 0.492. The number of carbonyl (C=O) groups excluding carboxylic acids is 1. The lowest BCUT2D eigenvalue weighted by Crippen LogP contribution is -2.30. The third-order valence-electron chi connectivity index (χ3n) is 3.82. The van der Waals surface area contributed by atoms with Gasteiger partial charge >= 0.3 is 0 Å². The predicted molar refractivity (Wildman–Crippen MR) is 108 cm³/mol. The van der Waals surface area contributed by atoms with Gasteiger partial charge in [-0.05, 0) is 37.3 Å². The number of para-hydroxylation sites is 1. The monoisotopic (exact) mass is 388 g/mol. The molecule has 0 spiro atoms. The number of benzene rings is 2. The van der Waals surface area contributed by atoms with E-state index in [1.165, 1.54) is 10.4 Å². The molecular weight excluding hydrogens is 364 g/mol. The molecule has 0 aliphatic carbocycles. The van der Waals surface area contributed by atoms with Crippen molar-refractivity contribution in [1.82, 2.24) is 5.32 Å². The van der Waals surface area contributed by atoms with E-state index in [2.05, 4.69) is 11.9 Å². The Kier molecular flexibility index (Phi) is 7.01. The summed E-state index contributed by atoms with van der Waals surface area (Å²) < 4.78 is 30.5. The molecule has 0 saturated carbocycles. The highest BCUT2D eigenvalue weighted by atomic mass is 32.2. The summed E-state index contributed by atoms with van der Waals surface area (Å²) in [7, 11) is -3.42. The Hall–Kier alpha value is -2.80. The minimum absolute atomic E-state index is 0.165. The summed E-state index contributed by atoms with van der Waals surface area (Å²) >= 11 is 0. The summed E-state index contributed by atoms with van der Waals surface area (Å²) in [6.07, 6.45) is 2.64. The van der Waals surface area contributed by atoms with Crippen molar-refractivity contribution in [3.8, 4) is 5.75 Å². The molecule has 0 saturated heterocycles. The van der Waals surface area contributed by atoms with Gasteiger partial charge in [0.1, 0.15) is 5.75 Å². The number of rotatable bonds is 9. The topological polar surface area (TPSA) is 75.7 Å². The number of hydrogen-bond acceptors (Lipinski definition) is 4. The van der Waals surface area contributed by atoms with E-state index in [-0.39, 0.29) is 12.5 Å². The first kappa shape index (κ1) is 20.5. The van der Waals surface area contributed by atoms with Crippen molar-refractivity contribution >= 4 is 21.6 Å². The Morgan fingerprint density at radius 2 is 1.85 bits per heavy atom. The van der Waals surface area contributed by atoms with Crippen molar-refractivity contribution in [2.75, 3.05) is 23.7 Å². The van der Waals surface area contributed by atoms with E-state index in [9.17, 15) is 13.2 Å². The van der Waals surface area contributed by atoms with E-state index >= 15 is 0 Å². The fraction of sp³-hybridized carbons (Fsp3) is 0.250. The first-order valence-corrected chi connectivity index (χ1v) is 10.4. The molecule has 0 aliphatic heterocycles. The van der Waals surface area contributed by atoms with Crippen LogP contribution in [0.4, 0.5) is 5.69 Å². The highest BCUT2D eigenvalue weighted by molar-refractivity contribution is 7.92. The molecule has 2 aromatic carbocycles. The molecule has 0 aromatic heterocycles. The van der Waals surface area contributed by atoms with E-state index in [0.717, 1.165) is 17.6 Å². The van der Waals surface area contributed by atoms with Crippen LogP contribution in [0, 0.1) is 0 Å². The van der Waals surface area contributed by atoms with Crippen molar-refractivity contribution in [1.29, 1.82) is 0 Å². The van der Waals surface area contributed by atoms with Crippen molar-refractivity contribution in [2.45, 2.75) is 13.5 Å². The number of sulfonamides is 1. The molecule has 0 aliphatic rings. The van der Waals surface area contributed by atoms with Crippen LogP contribution in [0.25, 0.3) is 0 Å². The standard InChI is InChI=1S/C20H24N2O4S/c1-4-14-22(27(3,24)25)18-12-10-16(11-13-18)20(23)21-15-17-8-6-7-9-19(17)26-5-2/h4,6-13H,1,5,14-15H2,2-3H3,(H,21,23). The first-order chi connectivity index (χ1) is 12.9. The maximum absolute atomic E-state index is 12.4. The Balaban J connectivity index is 2.09. The van der Waals surface area contributed by atoms with Crippen LogP contribution < -0.4 is 14.4 Å². The van der Waals surface area contributed by atoms with Crippen molar-refractivity contribution in [3.05, 3.63) is 72.3 Å². The van der Waals surface area contributed by atoms with E-state index in [1.807, 2.05) is 31.2 Å². The molecule has 144 valence electrons. The Morgan fingerprint density at radius 3 is 2.44 bits per heavy atom. The van der Waals surface area contributed by atoms with Gasteiger partial charge in [0.05, 0.1) is 25.1 Å². The van der Waals surface area contributed by atoms with Gasteiger partial charge in [0.2, 0.25) is 10.0 Å². The predicted octanol–water partition coefficient (Wildman–Crippen LogP) is 2.97. The molecule has 0 bridgehead atoms. The summed E-state index contributed by atoms with van der Waals surface area (Å²) in [5, 5.41) is 2.85. The van der Waals surface area contributed by atoms with Gasteiger partial charge in [0, 0.05) is 17.7 Å². The maximum atomic E-state index is 12.4. The minimum atomic E-state index is -3.42. The van der Waals surface area contributed by atoms with Gasteiger partial charge in [-0.2, -0.15) is 0 Å². The molecule has 27 heavy (non-hydrogen) atoms. The average Bonchev–Trinajstić information content (AvgIpc) is 2.64. The highest BCUT2D eigenvalue weighted by Gasteiger charge is 2.16. The minimum Gasteiger partial charge on any atom is -0.494 e. The SMILES string of the molecule is C=CCN(c1ccc(C(=O)NCc2ccccc2OCC)cc1)S(C)(=O)=O. The van der Waals surface area contributed by atoms with Crippen LogP contribution in [-0.2, 0) is 16.6 Å². The number of ether oxygens (including phenoxy) is 1. The van der Waals surface area contributed by atoms with Crippen molar-refractivity contribution < 1.29 is 17.9 Å². The summed E-state index contributed by atoms with van der Waals surface area (Å²) in [5.41, 5.74) is 1.81. The zero-order chi connectivity index (χ0) is 19.9. The highest BCUT2D eigenvalue weighted by Crippen LogP contribution is 2.20. The molecule has 0 fully saturated rings. The summed E-state index contributed by atoms with van der Waals surface area (Å²) in [6.45, 7) is 6.53. The molecule has 0 unspecified atom stereocenters. The molecule has 1 amide bonds. The van der Waals surface area contributed by atoms with Gasteiger partial charge in [-0.15, -0.1) is 6.58 Å². The lowest BCUT2D eigenvalue weighted by molar-refractivity contribution is 0.0950. The normalized spacial score (nSPS) is 10.9. The van der Waals surface area contributed by atoms with Crippen LogP contribution >= 0.6 is 0 Å². The molecule has 2 aromatic rings. The van der Waals surface area contributed by atoms with Crippen LogP contribution in [0.3, 0.4) is 0 Å². The zero-order valence-corrected chi connectivity index (χ0v) is 16.3. The Bertz CT molecular complexity index is 892. The number of nitrogens with zero attached hydrogens (tertiary/aromatic N) is 1. The van der Waals surface area contributed by atoms with Crippen LogP contribution in [0.5, 0.6) is 5.75 Å². The van der Waals surface area contributed by atoms with Gasteiger partial charge in [-0.25, -0.2) is 8.42 Å². The third-order valence-corrected chi connectivity index (χ3v) is 4.99. The number of amides is 1. The van der Waals surface area contributed by atoms with Crippen molar-refractivity contribution in [3.63, 3.8) is 0 Å². The average molecular weight is 388 g/mol. The van der Waals surface area contributed by atoms with Gasteiger partial charge in [0.25, 0.3) is 5.91 Å². The molecular formula is C20H24N2O4S. The van der Waals surface area contributed by atoms with E-state index in [0.29, 0.717) is 24.4 Å². The number of hydrogen-bond donors (Lipinski definition) is 1. The zero-order valence-electron chi connectivity index (χ0n) is 15.5. The quantitative estimate of drug-likeness (QED) is 0.670. The first-order valence-electron chi connectivity index (χ1n) is 8.54. The van der Waals surface area contributed by atoms with Gasteiger partial charge in [-0.1, -0.05) is 24.3 Å². The van der Waals surface area contributed by atoms with Crippen LogP contribution in [0.1, 0.15) is 22.8 Å². The molecule has 6 nitrogen and oxygen atoms in total. The van der Waals surface area contributed by atoms with Gasteiger partial charge in [0.15, 0.2) is 0 Å². The largest absolute Gasteiger partial charge is 0.494 e. The molecule has 1 N–H and O–H groups in total. The fourth-order valence-corrected chi connectivity index (χ4v) is 3.43. The van der Waals surface area contributed by atoms with E-state index < -0.39 is 10.0 Å². The number of carbonyl (C=O) groups is 1. The molecule has 7 heteroatoms. The maximum Gasteiger partial charge on any atom is 0.251 e.